The predicted octanol–water partition coefficient (Wildman–Crippen LogP) is 7.82. The van der Waals surface area contributed by atoms with E-state index in [-0.39, 0.29) is 23.1 Å². The molecule has 36 heavy (non-hydrogen) atoms. The summed E-state index contributed by atoms with van der Waals surface area (Å²) in [5.41, 5.74) is 4.26. The van der Waals surface area contributed by atoms with Gasteiger partial charge in [0, 0.05) is 5.56 Å². The molecule has 0 aliphatic heterocycles. The maximum Gasteiger partial charge on any atom is 0.306 e. The van der Waals surface area contributed by atoms with Crippen LogP contribution in [-0.4, -0.2) is 19.7 Å². The minimum Gasteiger partial charge on any atom is -0.497 e. The Morgan fingerprint density at radius 2 is 1.61 bits per heavy atom. The quantitative estimate of drug-likeness (QED) is 0.271. The van der Waals surface area contributed by atoms with Crippen LogP contribution in [0.5, 0.6) is 11.5 Å². The second-order valence-electron chi connectivity index (χ2n) is 9.95. The van der Waals surface area contributed by atoms with E-state index in [0.717, 1.165) is 34.4 Å². The second kappa shape index (κ2) is 12.1. The lowest BCUT2D eigenvalue weighted by molar-refractivity contribution is -0.143. The highest BCUT2D eigenvalue weighted by atomic mass is 19.1. The van der Waals surface area contributed by atoms with E-state index < -0.39 is 0 Å². The normalized spacial score (nSPS) is 12.2. The van der Waals surface area contributed by atoms with Crippen LogP contribution in [0.3, 0.4) is 0 Å². The Labute approximate surface area is 214 Å². The average Bonchev–Trinajstić information content (AvgIpc) is 2.86. The standard InChI is InChI=1S/C31H37FO4/c1-7-22(18-30(33)35-8-2)23-10-12-24(13-11-23)36-20-21-9-15-28(31(3,4)5)26(17-21)27-19-25(34-6)14-16-29(27)32/h9-17,19,22H,7-8,18,20H2,1-6H3/t22-/m1/s1. The lowest BCUT2D eigenvalue weighted by Gasteiger charge is -2.24. The van der Waals surface area contributed by atoms with E-state index in [9.17, 15) is 9.18 Å². The van der Waals surface area contributed by atoms with Crippen molar-refractivity contribution in [2.24, 2.45) is 0 Å². The van der Waals surface area contributed by atoms with Crippen LogP contribution in [0.15, 0.2) is 60.7 Å². The number of hydrogen-bond acceptors (Lipinski definition) is 4. The first-order valence-electron chi connectivity index (χ1n) is 12.5. The zero-order chi connectivity index (χ0) is 26.3. The van der Waals surface area contributed by atoms with Gasteiger partial charge in [0.05, 0.1) is 20.1 Å². The van der Waals surface area contributed by atoms with Crippen LogP contribution in [-0.2, 0) is 21.6 Å². The van der Waals surface area contributed by atoms with Crippen molar-refractivity contribution >= 4 is 5.97 Å². The molecule has 4 nitrogen and oxygen atoms in total. The number of rotatable bonds is 10. The second-order valence-corrected chi connectivity index (χ2v) is 9.95. The van der Waals surface area contributed by atoms with Gasteiger partial charge >= 0.3 is 5.97 Å². The molecule has 192 valence electrons. The molecule has 0 aliphatic rings. The number of hydrogen-bond donors (Lipinski definition) is 0. The minimum absolute atomic E-state index is 0.114. The van der Waals surface area contributed by atoms with Crippen molar-refractivity contribution in [3.05, 3.63) is 83.2 Å². The van der Waals surface area contributed by atoms with Crippen molar-refractivity contribution < 1.29 is 23.4 Å². The summed E-state index contributed by atoms with van der Waals surface area (Å²) >= 11 is 0. The number of methoxy groups -OCH3 is 1. The molecule has 0 saturated carbocycles. The fourth-order valence-electron chi connectivity index (χ4n) is 4.32. The van der Waals surface area contributed by atoms with Crippen LogP contribution in [0.1, 0.15) is 70.1 Å². The molecule has 0 fully saturated rings. The Kier molecular flexibility index (Phi) is 9.14. The summed E-state index contributed by atoms with van der Waals surface area (Å²) in [5, 5.41) is 0. The van der Waals surface area contributed by atoms with Gasteiger partial charge in [0.2, 0.25) is 0 Å². The van der Waals surface area contributed by atoms with E-state index >= 15 is 0 Å². The summed E-state index contributed by atoms with van der Waals surface area (Å²) in [6.07, 6.45) is 1.22. The van der Waals surface area contributed by atoms with Gasteiger partial charge in [-0.2, -0.15) is 0 Å². The molecule has 3 rings (SSSR count). The van der Waals surface area contributed by atoms with Crippen molar-refractivity contribution in [1.29, 1.82) is 0 Å². The fraction of sp³-hybridized carbons (Fsp3) is 0.387. The maximum absolute atomic E-state index is 14.9. The average molecular weight is 493 g/mol. The van der Waals surface area contributed by atoms with Crippen LogP contribution >= 0.6 is 0 Å². The van der Waals surface area contributed by atoms with Crippen LogP contribution in [0.25, 0.3) is 11.1 Å². The van der Waals surface area contributed by atoms with Gasteiger partial charge in [-0.25, -0.2) is 4.39 Å². The highest BCUT2D eigenvalue weighted by molar-refractivity contribution is 5.72. The number of benzene rings is 3. The van der Waals surface area contributed by atoms with Gasteiger partial charge in [0.25, 0.3) is 0 Å². The summed E-state index contributed by atoms with van der Waals surface area (Å²) in [5.74, 6) is 0.998. The number of carbonyl (C=O) groups is 1. The monoisotopic (exact) mass is 492 g/mol. The Morgan fingerprint density at radius 1 is 0.917 bits per heavy atom. The van der Waals surface area contributed by atoms with Crippen LogP contribution in [0.2, 0.25) is 0 Å². The Hall–Kier alpha value is -3.34. The van der Waals surface area contributed by atoms with Gasteiger partial charge in [0.15, 0.2) is 0 Å². The van der Waals surface area contributed by atoms with Crippen LogP contribution < -0.4 is 9.47 Å². The molecule has 0 unspecified atom stereocenters. The molecular weight excluding hydrogens is 455 g/mol. The van der Waals surface area contributed by atoms with E-state index in [1.54, 1.807) is 19.2 Å². The van der Waals surface area contributed by atoms with E-state index in [0.29, 0.717) is 30.9 Å². The molecule has 1 atom stereocenters. The number of esters is 1. The maximum atomic E-state index is 14.9. The minimum atomic E-state index is -0.289. The molecule has 5 heteroatoms. The number of carbonyl (C=O) groups excluding carboxylic acids is 1. The molecule has 0 aliphatic carbocycles. The molecule has 0 radical (unpaired) electrons. The third kappa shape index (κ3) is 6.87. The highest BCUT2D eigenvalue weighted by Gasteiger charge is 2.21. The first-order chi connectivity index (χ1) is 17.2. The van der Waals surface area contributed by atoms with Crippen molar-refractivity contribution in [1.82, 2.24) is 0 Å². The zero-order valence-electron chi connectivity index (χ0n) is 22.2. The van der Waals surface area contributed by atoms with Crippen LogP contribution in [0, 0.1) is 5.82 Å². The largest absolute Gasteiger partial charge is 0.497 e. The van der Waals surface area contributed by atoms with Crippen molar-refractivity contribution in [3.8, 4) is 22.6 Å². The molecular formula is C31H37FO4. The summed E-state index contributed by atoms with van der Waals surface area (Å²) in [4.78, 5) is 11.9. The first kappa shape index (κ1) is 27.3. The SMILES string of the molecule is CCOC(=O)C[C@@H](CC)c1ccc(OCc2ccc(C(C)(C)C)c(-c3cc(OC)ccc3F)c2)cc1. The molecule has 0 saturated heterocycles. The smallest absolute Gasteiger partial charge is 0.306 e. The molecule has 0 heterocycles. The van der Waals surface area contributed by atoms with Gasteiger partial charge in [-0.1, -0.05) is 52.0 Å². The van der Waals surface area contributed by atoms with Crippen molar-refractivity contribution in [2.45, 2.75) is 65.4 Å². The zero-order valence-corrected chi connectivity index (χ0v) is 22.2. The van der Waals surface area contributed by atoms with Crippen molar-refractivity contribution in [3.63, 3.8) is 0 Å². The molecule has 0 amide bonds. The van der Waals surface area contributed by atoms with Gasteiger partial charge in [-0.15, -0.1) is 0 Å². The Morgan fingerprint density at radius 3 is 2.22 bits per heavy atom. The van der Waals surface area contributed by atoms with E-state index in [4.69, 9.17) is 14.2 Å². The van der Waals surface area contributed by atoms with Crippen LogP contribution in [0.4, 0.5) is 4.39 Å². The van der Waals surface area contributed by atoms with Gasteiger partial charge in [-0.05, 0) is 83.3 Å². The highest BCUT2D eigenvalue weighted by Crippen LogP contribution is 2.37. The Balaban J connectivity index is 1.80. The van der Waals surface area contributed by atoms with E-state index in [1.807, 2.05) is 43.3 Å². The van der Waals surface area contributed by atoms with E-state index in [2.05, 4.69) is 33.8 Å². The molecule has 0 aromatic heterocycles. The third-order valence-corrected chi connectivity index (χ3v) is 6.32. The van der Waals surface area contributed by atoms with Gasteiger partial charge in [-0.3, -0.25) is 4.79 Å². The van der Waals surface area contributed by atoms with Gasteiger partial charge < -0.3 is 14.2 Å². The van der Waals surface area contributed by atoms with Gasteiger partial charge in [0.1, 0.15) is 23.9 Å². The summed E-state index contributed by atoms with van der Waals surface area (Å²) < 4.78 is 31.4. The lowest BCUT2D eigenvalue weighted by Crippen LogP contribution is -2.13. The molecule has 0 spiro atoms. The first-order valence-corrected chi connectivity index (χ1v) is 12.5. The predicted molar refractivity (Wildman–Crippen MR) is 142 cm³/mol. The van der Waals surface area contributed by atoms with E-state index in [1.165, 1.54) is 6.07 Å². The summed E-state index contributed by atoms with van der Waals surface area (Å²) in [6.45, 7) is 11.0. The lowest BCUT2D eigenvalue weighted by atomic mass is 9.81. The Bertz CT molecular complexity index is 1160. The molecule has 3 aromatic rings. The third-order valence-electron chi connectivity index (χ3n) is 6.32. The fourth-order valence-corrected chi connectivity index (χ4v) is 4.32. The van der Waals surface area contributed by atoms with Crippen molar-refractivity contribution in [2.75, 3.05) is 13.7 Å². The number of ether oxygens (including phenoxy) is 3. The molecule has 0 N–H and O–H groups in total. The topological polar surface area (TPSA) is 44.8 Å². The molecule has 0 bridgehead atoms. The molecule has 3 aromatic carbocycles. The summed E-state index contributed by atoms with van der Waals surface area (Å²) in [6, 6.07) is 18.7. The summed E-state index contributed by atoms with van der Waals surface area (Å²) in [7, 11) is 1.58. The number of halogens is 1.